The van der Waals surface area contributed by atoms with E-state index in [0.717, 1.165) is 10.9 Å². The van der Waals surface area contributed by atoms with Gasteiger partial charge in [0.05, 0.1) is 5.52 Å². The van der Waals surface area contributed by atoms with Gasteiger partial charge in [-0.3, -0.25) is 9.78 Å². The molecule has 1 aromatic carbocycles. The predicted molar refractivity (Wildman–Crippen MR) is 108 cm³/mol. The number of nitrogens with one attached hydrogen (secondary N) is 1. The van der Waals surface area contributed by atoms with Gasteiger partial charge in [0.2, 0.25) is 11.8 Å². The molecule has 31 heavy (non-hydrogen) atoms. The van der Waals surface area contributed by atoms with Crippen LogP contribution in [0.5, 0.6) is 11.6 Å². The van der Waals surface area contributed by atoms with Crippen LogP contribution in [0.15, 0.2) is 48.8 Å². The van der Waals surface area contributed by atoms with E-state index in [1.54, 1.807) is 12.3 Å². The van der Waals surface area contributed by atoms with Crippen LogP contribution < -0.4 is 14.8 Å². The third-order valence-corrected chi connectivity index (χ3v) is 5.12. The van der Waals surface area contributed by atoms with Gasteiger partial charge in [0.1, 0.15) is 11.9 Å². The van der Waals surface area contributed by atoms with Crippen LogP contribution >= 0.6 is 0 Å². The third kappa shape index (κ3) is 5.04. The third-order valence-electron chi connectivity index (χ3n) is 5.12. The van der Waals surface area contributed by atoms with E-state index in [1.807, 2.05) is 31.2 Å². The first kappa shape index (κ1) is 20.9. The van der Waals surface area contributed by atoms with Crippen molar-refractivity contribution in [2.45, 2.75) is 25.6 Å². The zero-order chi connectivity index (χ0) is 22.0. The van der Waals surface area contributed by atoms with Crippen molar-refractivity contribution in [3.63, 3.8) is 0 Å². The molecule has 2 unspecified atom stereocenters. The van der Waals surface area contributed by atoms with Gasteiger partial charge in [-0.25, -0.2) is 4.98 Å². The highest BCUT2D eigenvalue weighted by molar-refractivity contribution is 5.90. The Labute approximate surface area is 176 Å². The first-order valence-corrected chi connectivity index (χ1v) is 9.76. The van der Waals surface area contributed by atoms with Crippen molar-refractivity contribution in [2.75, 3.05) is 13.2 Å². The summed E-state index contributed by atoms with van der Waals surface area (Å²) in [5, 5.41) is 3.64. The predicted octanol–water partition coefficient (Wildman–Crippen LogP) is 4.14. The second-order valence-corrected chi connectivity index (χ2v) is 7.42. The summed E-state index contributed by atoms with van der Waals surface area (Å²) in [4.78, 5) is 19.9. The Morgan fingerprint density at radius 3 is 2.71 bits per heavy atom. The zero-order valence-corrected chi connectivity index (χ0v) is 16.6. The maximum atomic E-state index is 12.3. The first-order valence-electron chi connectivity index (χ1n) is 9.76. The Bertz CT molecular complexity index is 1090. The number of alkyl halides is 3. The summed E-state index contributed by atoms with van der Waals surface area (Å²) in [7, 11) is 0. The quantitative estimate of drug-likeness (QED) is 0.635. The van der Waals surface area contributed by atoms with Crippen LogP contribution in [0.1, 0.15) is 13.3 Å². The second-order valence-electron chi connectivity index (χ2n) is 7.42. The van der Waals surface area contributed by atoms with E-state index in [2.05, 4.69) is 20.0 Å². The van der Waals surface area contributed by atoms with Crippen LogP contribution in [-0.2, 0) is 4.79 Å². The highest BCUT2D eigenvalue weighted by Crippen LogP contribution is 2.33. The Kier molecular flexibility index (Phi) is 5.67. The molecule has 0 saturated carbocycles. The topological polar surface area (TPSA) is 73.3 Å². The lowest BCUT2D eigenvalue weighted by Gasteiger charge is -2.21. The summed E-state index contributed by atoms with van der Waals surface area (Å²) in [6.07, 6.45) is -1.09. The standard InChI is InChI=1S/C22H20F3N3O3/c1-13(16-9-20(29)27-11-16)31-19-8-15(7-18-17(19)3-2-6-26-18)14-4-5-21(28-10-14)30-12-22(23,24)25/h2-8,10,13,16H,9,11-12H2,1H3,(H,27,29). The van der Waals surface area contributed by atoms with Gasteiger partial charge in [0, 0.05) is 48.3 Å². The molecular weight excluding hydrogens is 411 g/mol. The van der Waals surface area contributed by atoms with Crippen molar-refractivity contribution >= 4 is 16.8 Å². The summed E-state index contributed by atoms with van der Waals surface area (Å²) < 4.78 is 47.8. The minimum atomic E-state index is -4.42. The molecule has 2 atom stereocenters. The average molecular weight is 431 g/mol. The molecule has 3 aromatic rings. The Morgan fingerprint density at radius 2 is 2.03 bits per heavy atom. The molecular formula is C22H20F3N3O3. The number of ether oxygens (including phenoxy) is 2. The van der Waals surface area contributed by atoms with Gasteiger partial charge in [-0.1, -0.05) is 0 Å². The normalized spacial score (nSPS) is 17.4. The summed E-state index contributed by atoms with van der Waals surface area (Å²) in [6, 6.07) is 10.4. The number of halogens is 3. The van der Waals surface area contributed by atoms with Crippen molar-refractivity contribution in [1.29, 1.82) is 0 Å². The van der Waals surface area contributed by atoms with Gasteiger partial charge in [-0.2, -0.15) is 13.2 Å². The molecule has 162 valence electrons. The fraction of sp³-hybridized carbons (Fsp3) is 0.318. The largest absolute Gasteiger partial charge is 0.490 e. The Hall–Kier alpha value is -3.36. The second kappa shape index (κ2) is 8.41. The molecule has 0 aliphatic carbocycles. The minimum absolute atomic E-state index is 0.0135. The molecule has 4 rings (SSSR count). The lowest BCUT2D eigenvalue weighted by atomic mass is 10.0. The summed E-state index contributed by atoms with van der Waals surface area (Å²) in [6.45, 7) is 1.10. The van der Waals surface area contributed by atoms with E-state index in [9.17, 15) is 18.0 Å². The number of hydrogen-bond donors (Lipinski definition) is 1. The molecule has 0 spiro atoms. The molecule has 1 amide bonds. The van der Waals surface area contributed by atoms with Crippen LogP contribution in [0.4, 0.5) is 13.2 Å². The number of rotatable bonds is 6. The van der Waals surface area contributed by atoms with Crippen molar-refractivity contribution in [2.24, 2.45) is 5.92 Å². The molecule has 3 heterocycles. The van der Waals surface area contributed by atoms with Crippen molar-refractivity contribution in [1.82, 2.24) is 15.3 Å². The molecule has 0 radical (unpaired) electrons. The summed E-state index contributed by atoms with van der Waals surface area (Å²) in [5.74, 6) is 0.586. The maximum absolute atomic E-state index is 12.3. The van der Waals surface area contributed by atoms with Gasteiger partial charge in [-0.05, 0) is 42.8 Å². The maximum Gasteiger partial charge on any atom is 0.422 e. The summed E-state index contributed by atoms with van der Waals surface area (Å²) >= 11 is 0. The number of amides is 1. The number of carbonyl (C=O) groups excluding carboxylic acids is 1. The molecule has 2 aromatic heterocycles. The van der Waals surface area contributed by atoms with E-state index in [1.165, 1.54) is 12.3 Å². The van der Waals surface area contributed by atoms with Crippen LogP contribution in [0.3, 0.4) is 0 Å². The van der Waals surface area contributed by atoms with Crippen LogP contribution in [0.25, 0.3) is 22.0 Å². The van der Waals surface area contributed by atoms with Crippen molar-refractivity contribution in [3.8, 4) is 22.8 Å². The number of pyridine rings is 2. The lowest BCUT2D eigenvalue weighted by molar-refractivity contribution is -0.154. The Balaban J connectivity index is 1.60. The van der Waals surface area contributed by atoms with Crippen LogP contribution in [0, 0.1) is 5.92 Å². The molecule has 1 aliphatic heterocycles. The lowest BCUT2D eigenvalue weighted by Crippen LogP contribution is -2.25. The number of hydrogen-bond acceptors (Lipinski definition) is 5. The average Bonchev–Trinajstić information content (AvgIpc) is 3.18. The SMILES string of the molecule is CC(Oc1cc(-c2ccc(OCC(F)(F)F)nc2)cc2ncccc12)C1CNC(=O)C1. The van der Waals surface area contributed by atoms with E-state index in [0.29, 0.717) is 29.8 Å². The highest BCUT2D eigenvalue weighted by Gasteiger charge is 2.29. The number of carbonyl (C=O) groups is 1. The number of nitrogens with zero attached hydrogens (tertiary/aromatic N) is 2. The van der Waals surface area contributed by atoms with Crippen molar-refractivity contribution in [3.05, 3.63) is 48.8 Å². The molecule has 1 saturated heterocycles. The van der Waals surface area contributed by atoms with Crippen LogP contribution in [0.2, 0.25) is 0 Å². The highest BCUT2D eigenvalue weighted by atomic mass is 19.4. The molecule has 6 nitrogen and oxygen atoms in total. The monoisotopic (exact) mass is 431 g/mol. The van der Waals surface area contributed by atoms with Crippen LogP contribution in [-0.4, -0.2) is 41.3 Å². The molecule has 1 N–H and O–H groups in total. The zero-order valence-electron chi connectivity index (χ0n) is 16.6. The minimum Gasteiger partial charge on any atom is -0.490 e. The fourth-order valence-electron chi connectivity index (χ4n) is 3.46. The van der Waals surface area contributed by atoms with Crippen molar-refractivity contribution < 1.29 is 27.4 Å². The van der Waals surface area contributed by atoms with Gasteiger partial charge < -0.3 is 14.8 Å². The smallest absolute Gasteiger partial charge is 0.422 e. The molecule has 1 fully saturated rings. The first-order chi connectivity index (χ1) is 14.8. The fourth-order valence-corrected chi connectivity index (χ4v) is 3.46. The van der Waals surface area contributed by atoms with E-state index < -0.39 is 12.8 Å². The van der Waals surface area contributed by atoms with Gasteiger partial charge in [-0.15, -0.1) is 0 Å². The summed E-state index contributed by atoms with van der Waals surface area (Å²) in [5.41, 5.74) is 2.14. The van der Waals surface area contributed by atoms with Gasteiger partial charge >= 0.3 is 6.18 Å². The molecule has 1 aliphatic rings. The molecule has 0 bridgehead atoms. The number of fused-ring (bicyclic) bond motifs is 1. The van der Waals surface area contributed by atoms with E-state index >= 15 is 0 Å². The van der Waals surface area contributed by atoms with Gasteiger partial charge in [0.25, 0.3) is 0 Å². The number of benzene rings is 1. The van der Waals surface area contributed by atoms with E-state index in [4.69, 9.17) is 4.74 Å². The molecule has 9 heteroatoms. The number of aromatic nitrogens is 2. The van der Waals surface area contributed by atoms with Gasteiger partial charge in [0.15, 0.2) is 6.61 Å². The van der Waals surface area contributed by atoms with E-state index in [-0.39, 0.29) is 23.8 Å². The Morgan fingerprint density at radius 1 is 1.19 bits per heavy atom.